The summed E-state index contributed by atoms with van der Waals surface area (Å²) in [4.78, 5) is 21.3. The number of aryl methyl sites for hydroxylation is 2. The highest BCUT2D eigenvalue weighted by Crippen LogP contribution is 2.30. The van der Waals surface area contributed by atoms with Gasteiger partial charge in [-0.2, -0.15) is 15.2 Å². The monoisotopic (exact) mass is 484 g/mol. The zero-order valence-electron chi connectivity index (χ0n) is 21.2. The number of aromatic nitrogens is 7. The van der Waals surface area contributed by atoms with Crippen LogP contribution in [0.5, 0.6) is 0 Å². The van der Waals surface area contributed by atoms with Crippen LogP contribution in [-0.2, 0) is 19.0 Å². The van der Waals surface area contributed by atoms with Gasteiger partial charge in [0.05, 0.1) is 17.4 Å². The highest BCUT2D eigenvalue weighted by atomic mass is 16.5. The number of benzene rings is 1. The zero-order chi connectivity index (χ0) is 25.6. The molecule has 10 heteroatoms. The van der Waals surface area contributed by atoms with Crippen molar-refractivity contribution in [3.05, 3.63) is 71.5 Å². The molecule has 0 aliphatic carbocycles. The van der Waals surface area contributed by atoms with Gasteiger partial charge in [0, 0.05) is 47.6 Å². The highest BCUT2D eigenvalue weighted by Gasteiger charge is 2.24. The van der Waals surface area contributed by atoms with Crippen molar-refractivity contribution in [3.8, 4) is 22.4 Å². The minimum absolute atomic E-state index is 0.0328. The summed E-state index contributed by atoms with van der Waals surface area (Å²) < 4.78 is 8.91. The smallest absolute Gasteiger partial charge is 0.292 e. The van der Waals surface area contributed by atoms with Gasteiger partial charge < -0.3 is 9.84 Å². The number of fused-ring (bicyclic) bond motifs is 1. The first-order chi connectivity index (χ1) is 17.1. The zero-order valence-corrected chi connectivity index (χ0v) is 21.2. The lowest BCUT2D eigenvalue weighted by Crippen LogP contribution is -2.24. The average Bonchev–Trinajstić information content (AvgIpc) is 3.56. The predicted octanol–water partition coefficient (Wildman–Crippen LogP) is 4.02. The van der Waals surface area contributed by atoms with Gasteiger partial charge in [-0.1, -0.05) is 38.1 Å². The Bertz CT molecular complexity index is 1590. The molecule has 184 valence electrons. The minimum Gasteiger partial charge on any atom is -0.345 e. The van der Waals surface area contributed by atoms with Crippen LogP contribution in [0.2, 0.25) is 0 Å². The molecule has 4 heterocycles. The quantitative estimate of drug-likeness (QED) is 0.400. The van der Waals surface area contributed by atoms with E-state index in [0.717, 1.165) is 44.7 Å². The van der Waals surface area contributed by atoms with Crippen molar-refractivity contribution in [1.29, 1.82) is 0 Å². The standard InChI is InChI=1S/C26H28N8O2/c1-15-9-17(7-8-18(15)11-27-24(35)23-31-25(36-32-23)26(3,4)5)22-21-10-19(13-34(21)30-14-28-22)20-12-29-33(6)16(20)2/h7-10,12-14H,11H2,1-6H3,(H,27,35). The summed E-state index contributed by atoms with van der Waals surface area (Å²) in [5.41, 5.74) is 7.58. The normalized spacial score (nSPS) is 11.8. The molecule has 0 bridgehead atoms. The lowest BCUT2D eigenvalue weighted by molar-refractivity contribution is 0.0937. The Morgan fingerprint density at radius 3 is 2.58 bits per heavy atom. The molecule has 0 aliphatic heterocycles. The lowest BCUT2D eigenvalue weighted by Gasteiger charge is -2.10. The summed E-state index contributed by atoms with van der Waals surface area (Å²) in [6.45, 7) is 10.3. The van der Waals surface area contributed by atoms with Crippen molar-refractivity contribution in [2.75, 3.05) is 0 Å². The summed E-state index contributed by atoms with van der Waals surface area (Å²) in [7, 11) is 1.93. The van der Waals surface area contributed by atoms with Crippen molar-refractivity contribution in [2.24, 2.45) is 7.05 Å². The summed E-state index contributed by atoms with van der Waals surface area (Å²) in [5, 5.41) is 15.4. The van der Waals surface area contributed by atoms with Gasteiger partial charge in [0.25, 0.3) is 11.7 Å². The second kappa shape index (κ2) is 8.71. The Balaban J connectivity index is 1.37. The third kappa shape index (κ3) is 4.26. The minimum atomic E-state index is -0.373. The Kier molecular flexibility index (Phi) is 5.66. The van der Waals surface area contributed by atoms with Crippen LogP contribution in [0.3, 0.4) is 0 Å². The number of nitrogens with zero attached hydrogens (tertiary/aromatic N) is 7. The van der Waals surface area contributed by atoms with Crippen LogP contribution in [0.1, 0.15) is 54.1 Å². The number of rotatable bonds is 5. The van der Waals surface area contributed by atoms with Gasteiger partial charge >= 0.3 is 0 Å². The molecule has 0 aliphatic rings. The first-order valence-corrected chi connectivity index (χ1v) is 11.7. The Hall–Kier alpha value is -4.34. The van der Waals surface area contributed by atoms with E-state index in [1.165, 1.54) is 0 Å². The first-order valence-electron chi connectivity index (χ1n) is 11.7. The van der Waals surface area contributed by atoms with Gasteiger partial charge in [0.2, 0.25) is 5.89 Å². The maximum absolute atomic E-state index is 12.5. The van der Waals surface area contributed by atoms with Gasteiger partial charge in [-0.3, -0.25) is 9.48 Å². The van der Waals surface area contributed by atoms with Gasteiger partial charge in [-0.25, -0.2) is 9.50 Å². The first kappa shape index (κ1) is 23.4. The second-order valence-electron chi connectivity index (χ2n) is 9.93. The molecule has 0 spiro atoms. The molecule has 0 unspecified atom stereocenters. The van der Waals surface area contributed by atoms with Gasteiger partial charge in [0.15, 0.2) is 0 Å². The average molecular weight is 485 g/mol. The summed E-state index contributed by atoms with van der Waals surface area (Å²) in [5.74, 6) is 0.0867. The fourth-order valence-corrected chi connectivity index (χ4v) is 4.00. The van der Waals surface area contributed by atoms with Crippen LogP contribution >= 0.6 is 0 Å². The molecular formula is C26H28N8O2. The van der Waals surface area contributed by atoms with Crippen LogP contribution < -0.4 is 5.32 Å². The Morgan fingerprint density at radius 1 is 1.11 bits per heavy atom. The van der Waals surface area contributed by atoms with E-state index in [1.54, 1.807) is 6.33 Å². The predicted molar refractivity (Wildman–Crippen MR) is 134 cm³/mol. The molecule has 10 nitrogen and oxygen atoms in total. The van der Waals surface area contributed by atoms with Crippen molar-refractivity contribution < 1.29 is 9.32 Å². The molecule has 1 aromatic carbocycles. The number of nitrogens with one attached hydrogen (secondary N) is 1. The number of carbonyl (C=O) groups is 1. The van der Waals surface area contributed by atoms with Gasteiger partial charge in [0.1, 0.15) is 6.33 Å². The van der Waals surface area contributed by atoms with Crippen molar-refractivity contribution >= 4 is 11.4 Å². The molecule has 0 saturated heterocycles. The third-order valence-electron chi connectivity index (χ3n) is 6.28. The Morgan fingerprint density at radius 2 is 1.92 bits per heavy atom. The molecular weight excluding hydrogens is 456 g/mol. The van der Waals surface area contributed by atoms with E-state index >= 15 is 0 Å². The largest absolute Gasteiger partial charge is 0.345 e. The van der Waals surface area contributed by atoms with E-state index in [0.29, 0.717) is 12.4 Å². The fraction of sp³-hybridized carbons (Fsp3) is 0.308. The van der Waals surface area contributed by atoms with Crippen molar-refractivity contribution in [2.45, 2.75) is 46.6 Å². The van der Waals surface area contributed by atoms with Crippen LogP contribution in [0.15, 0.2) is 47.5 Å². The van der Waals surface area contributed by atoms with Gasteiger partial charge in [-0.15, -0.1) is 0 Å². The van der Waals surface area contributed by atoms with Crippen molar-refractivity contribution in [3.63, 3.8) is 0 Å². The Labute approximate surface area is 208 Å². The number of hydrogen-bond donors (Lipinski definition) is 1. The molecule has 5 aromatic rings. The maximum atomic E-state index is 12.5. The van der Waals surface area contributed by atoms with E-state index in [2.05, 4.69) is 42.8 Å². The molecule has 0 atom stereocenters. The third-order valence-corrected chi connectivity index (χ3v) is 6.28. The molecule has 4 aromatic heterocycles. The van der Waals surface area contributed by atoms with Crippen LogP contribution in [0.25, 0.3) is 27.9 Å². The van der Waals surface area contributed by atoms with Crippen LogP contribution in [-0.4, -0.2) is 40.4 Å². The highest BCUT2D eigenvalue weighted by molar-refractivity contribution is 5.90. The molecule has 36 heavy (non-hydrogen) atoms. The number of carbonyl (C=O) groups excluding carboxylic acids is 1. The number of amides is 1. The maximum Gasteiger partial charge on any atom is 0.292 e. The van der Waals surface area contributed by atoms with E-state index in [1.807, 2.05) is 75.4 Å². The van der Waals surface area contributed by atoms with Crippen LogP contribution in [0.4, 0.5) is 0 Å². The molecule has 1 amide bonds. The van der Waals surface area contributed by atoms with Crippen molar-refractivity contribution in [1.82, 2.24) is 39.8 Å². The molecule has 0 fully saturated rings. The van der Waals surface area contributed by atoms with E-state index in [9.17, 15) is 4.79 Å². The topological polar surface area (TPSA) is 116 Å². The summed E-state index contributed by atoms with van der Waals surface area (Å²) in [6.07, 6.45) is 5.41. The fourth-order valence-electron chi connectivity index (χ4n) is 4.00. The van der Waals surface area contributed by atoms with E-state index < -0.39 is 0 Å². The lowest BCUT2D eigenvalue weighted by atomic mass is 9.97. The van der Waals surface area contributed by atoms with E-state index in [-0.39, 0.29) is 17.1 Å². The SMILES string of the molecule is Cc1cc(-c2ncnn3cc(-c4cnn(C)c4C)cc23)ccc1CNC(=O)c1noc(C(C)(C)C)n1. The van der Waals surface area contributed by atoms with E-state index in [4.69, 9.17) is 4.52 Å². The summed E-state index contributed by atoms with van der Waals surface area (Å²) in [6, 6.07) is 8.15. The van der Waals surface area contributed by atoms with Crippen LogP contribution in [0, 0.1) is 13.8 Å². The second-order valence-corrected chi connectivity index (χ2v) is 9.93. The molecule has 5 rings (SSSR count). The molecule has 0 saturated carbocycles. The number of hydrogen-bond acceptors (Lipinski definition) is 7. The van der Waals surface area contributed by atoms with Gasteiger partial charge in [-0.05, 0) is 37.1 Å². The summed E-state index contributed by atoms with van der Waals surface area (Å²) >= 11 is 0. The molecule has 0 radical (unpaired) electrons. The molecule has 1 N–H and O–H groups in total.